The highest BCUT2D eigenvalue weighted by atomic mass is 16.5. The van der Waals surface area contributed by atoms with Gasteiger partial charge in [0.1, 0.15) is 25.1 Å². The van der Waals surface area contributed by atoms with Crippen molar-refractivity contribution in [1.82, 2.24) is 15.2 Å². The second-order valence-corrected chi connectivity index (χ2v) is 7.60. The summed E-state index contributed by atoms with van der Waals surface area (Å²) in [6, 6.07) is 7.40. The number of aromatic amines is 1. The summed E-state index contributed by atoms with van der Waals surface area (Å²) in [5.41, 5.74) is 6.43. The number of ether oxygens (including phenoxy) is 4. The molecule has 3 rings (SSSR count). The molecule has 0 fully saturated rings. The van der Waals surface area contributed by atoms with Crippen LogP contribution < -0.4 is 25.3 Å². The Hall–Kier alpha value is -3.08. The molecule has 1 unspecified atom stereocenters. The molecule has 0 spiro atoms. The molecule has 0 saturated heterocycles. The van der Waals surface area contributed by atoms with Crippen molar-refractivity contribution in [1.29, 1.82) is 0 Å². The van der Waals surface area contributed by atoms with Gasteiger partial charge in [-0.1, -0.05) is 0 Å². The Morgan fingerprint density at radius 1 is 1.09 bits per heavy atom. The number of aliphatic hydroxyl groups is 1. The summed E-state index contributed by atoms with van der Waals surface area (Å²) in [7, 11) is 1.60. The average molecular weight is 446 g/mol. The molecule has 32 heavy (non-hydrogen) atoms. The van der Waals surface area contributed by atoms with E-state index in [0.717, 1.165) is 16.5 Å². The minimum absolute atomic E-state index is 0.0424. The van der Waals surface area contributed by atoms with Gasteiger partial charge in [-0.15, -0.1) is 0 Å². The van der Waals surface area contributed by atoms with E-state index in [2.05, 4.69) is 20.5 Å². The van der Waals surface area contributed by atoms with Gasteiger partial charge in [-0.25, -0.2) is 0 Å². The highest BCUT2D eigenvalue weighted by Gasteiger charge is 2.16. The van der Waals surface area contributed by atoms with E-state index in [9.17, 15) is 5.11 Å². The molecule has 174 valence electrons. The van der Waals surface area contributed by atoms with E-state index in [4.69, 9.17) is 24.7 Å². The number of nitrogens with zero attached hydrogens (tertiary/aromatic N) is 2. The van der Waals surface area contributed by atoms with E-state index in [1.54, 1.807) is 7.11 Å². The van der Waals surface area contributed by atoms with Crippen LogP contribution in [0.2, 0.25) is 0 Å². The Morgan fingerprint density at radius 2 is 1.88 bits per heavy atom. The summed E-state index contributed by atoms with van der Waals surface area (Å²) >= 11 is 0. The first-order valence-corrected chi connectivity index (χ1v) is 10.5. The zero-order valence-electron chi connectivity index (χ0n) is 18.8. The van der Waals surface area contributed by atoms with Crippen LogP contribution in [0.3, 0.4) is 0 Å². The van der Waals surface area contributed by atoms with E-state index in [1.165, 1.54) is 0 Å². The van der Waals surface area contributed by atoms with E-state index in [1.807, 2.05) is 45.0 Å². The number of rotatable bonds is 12. The number of aryl methyl sites for hydroxylation is 1. The lowest BCUT2D eigenvalue weighted by molar-refractivity contribution is 0.108. The zero-order valence-corrected chi connectivity index (χ0v) is 18.8. The highest BCUT2D eigenvalue weighted by Crippen LogP contribution is 2.38. The van der Waals surface area contributed by atoms with Crippen molar-refractivity contribution in [3.8, 4) is 17.4 Å². The predicted molar refractivity (Wildman–Crippen MR) is 122 cm³/mol. The van der Waals surface area contributed by atoms with Crippen LogP contribution in [-0.4, -0.2) is 66.0 Å². The number of hydrogen-bond donors (Lipinski definition) is 4. The molecule has 0 aliphatic rings. The van der Waals surface area contributed by atoms with Gasteiger partial charge in [0, 0.05) is 30.8 Å². The Kier molecular flexibility index (Phi) is 8.09. The fourth-order valence-corrected chi connectivity index (χ4v) is 2.93. The minimum atomic E-state index is -0.782. The van der Waals surface area contributed by atoms with Gasteiger partial charge in [-0.05, 0) is 44.4 Å². The standard InChI is InChI=1S/C22H31N5O5/c1-13(2)32-22-17-10-19(30-6-5-29-4)18(31-12-16(28)11-23)8-15(17)9-20(25-22)24-21-7-14(3)26-27-21/h7-10,13,16,28H,5-6,11-12,23H2,1-4H3,(H2,24,25,26,27). The fraction of sp³-hybridized carbons (Fsp3) is 0.455. The van der Waals surface area contributed by atoms with Crippen LogP contribution in [0.5, 0.6) is 17.4 Å². The van der Waals surface area contributed by atoms with Crippen molar-refractivity contribution < 1.29 is 24.1 Å². The Labute approximate surface area is 187 Å². The van der Waals surface area contributed by atoms with Crippen LogP contribution in [0.4, 0.5) is 11.6 Å². The molecule has 10 nitrogen and oxygen atoms in total. The summed E-state index contributed by atoms with van der Waals surface area (Å²) in [6.45, 7) is 6.69. The third kappa shape index (κ3) is 6.22. The number of aromatic nitrogens is 3. The number of anilines is 2. The van der Waals surface area contributed by atoms with Crippen LogP contribution >= 0.6 is 0 Å². The Bertz CT molecular complexity index is 1020. The van der Waals surface area contributed by atoms with Gasteiger partial charge in [-0.2, -0.15) is 10.1 Å². The van der Waals surface area contributed by atoms with Gasteiger partial charge in [0.2, 0.25) is 5.88 Å². The predicted octanol–water partition coefficient (Wildman–Crippen LogP) is 2.52. The first-order chi connectivity index (χ1) is 15.4. The van der Waals surface area contributed by atoms with Crippen LogP contribution in [0.15, 0.2) is 24.3 Å². The molecule has 2 aromatic heterocycles. The SMILES string of the molecule is COCCOc1cc2c(OC(C)C)nc(Nc3cc(C)[nH]n3)cc2cc1OCC(O)CN. The third-order valence-electron chi connectivity index (χ3n) is 4.42. The van der Waals surface area contributed by atoms with Gasteiger partial charge < -0.3 is 35.1 Å². The van der Waals surface area contributed by atoms with Gasteiger partial charge in [0.15, 0.2) is 17.3 Å². The van der Waals surface area contributed by atoms with Crippen LogP contribution in [0.1, 0.15) is 19.5 Å². The zero-order chi connectivity index (χ0) is 23.1. The first kappa shape index (κ1) is 23.6. The smallest absolute Gasteiger partial charge is 0.223 e. The molecule has 2 heterocycles. The van der Waals surface area contributed by atoms with Crippen molar-refractivity contribution in [2.24, 2.45) is 5.73 Å². The third-order valence-corrected chi connectivity index (χ3v) is 4.42. The van der Waals surface area contributed by atoms with Crippen molar-refractivity contribution in [2.75, 3.05) is 38.8 Å². The van der Waals surface area contributed by atoms with Crippen molar-refractivity contribution >= 4 is 22.4 Å². The Balaban J connectivity index is 2.03. The number of pyridine rings is 1. The number of nitrogens with two attached hydrogens (primary N) is 1. The van der Waals surface area contributed by atoms with Crippen molar-refractivity contribution in [3.63, 3.8) is 0 Å². The number of benzene rings is 1. The van der Waals surface area contributed by atoms with Gasteiger partial charge in [-0.3, -0.25) is 5.10 Å². The number of aliphatic hydroxyl groups excluding tert-OH is 1. The fourth-order valence-electron chi connectivity index (χ4n) is 2.93. The minimum Gasteiger partial charge on any atom is -0.487 e. The summed E-state index contributed by atoms with van der Waals surface area (Å²) < 4.78 is 22.8. The first-order valence-electron chi connectivity index (χ1n) is 10.5. The molecular formula is C22H31N5O5. The molecule has 1 atom stereocenters. The summed E-state index contributed by atoms with van der Waals surface area (Å²) in [5.74, 6) is 2.65. The topological polar surface area (TPSA) is 137 Å². The molecule has 5 N–H and O–H groups in total. The maximum atomic E-state index is 9.83. The normalized spacial score (nSPS) is 12.2. The lowest BCUT2D eigenvalue weighted by atomic mass is 10.1. The number of methoxy groups -OCH3 is 1. The lowest BCUT2D eigenvalue weighted by Gasteiger charge is -2.18. The summed E-state index contributed by atoms with van der Waals surface area (Å²) in [6.07, 6.45) is -0.864. The molecular weight excluding hydrogens is 414 g/mol. The molecule has 0 aliphatic carbocycles. The summed E-state index contributed by atoms with van der Waals surface area (Å²) in [4.78, 5) is 4.64. The highest BCUT2D eigenvalue weighted by molar-refractivity contribution is 5.92. The number of hydrogen-bond acceptors (Lipinski definition) is 9. The number of H-pyrrole nitrogens is 1. The quantitative estimate of drug-likeness (QED) is 0.310. The van der Waals surface area contributed by atoms with Gasteiger partial charge >= 0.3 is 0 Å². The second-order valence-electron chi connectivity index (χ2n) is 7.60. The molecule has 0 saturated carbocycles. The Morgan fingerprint density at radius 3 is 2.53 bits per heavy atom. The van der Waals surface area contributed by atoms with Crippen LogP contribution in [0, 0.1) is 6.92 Å². The maximum absolute atomic E-state index is 9.83. The molecule has 1 aromatic carbocycles. The molecule has 0 bridgehead atoms. The van der Waals surface area contributed by atoms with Crippen LogP contribution in [-0.2, 0) is 4.74 Å². The van der Waals surface area contributed by atoms with Gasteiger partial charge in [0.25, 0.3) is 0 Å². The van der Waals surface area contributed by atoms with Crippen molar-refractivity contribution in [2.45, 2.75) is 33.0 Å². The lowest BCUT2D eigenvalue weighted by Crippen LogP contribution is -2.26. The molecule has 0 amide bonds. The second kappa shape index (κ2) is 11.0. The molecule has 3 aromatic rings. The maximum Gasteiger partial charge on any atom is 0.223 e. The number of fused-ring (bicyclic) bond motifs is 1. The largest absolute Gasteiger partial charge is 0.487 e. The van der Waals surface area contributed by atoms with Gasteiger partial charge in [0.05, 0.1) is 12.7 Å². The monoisotopic (exact) mass is 445 g/mol. The number of nitrogens with one attached hydrogen (secondary N) is 2. The van der Waals surface area contributed by atoms with E-state index < -0.39 is 6.10 Å². The summed E-state index contributed by atoms with van der Waals surface area (Å²) in [5, 5.41) is 21.7. The molecule has 0 aliphatic heterocycles. The average Bonchev–Trinajstić information content (AvgIpc) is 3.16. The molecule has 10 heteroatoms. The molecule has 0 radical (unpaired) electrons. The van der Waals surface area contributed by atoms with Crippen molar-refractivity contribution in [3.05, 3.63) is 30.0 Å². The van der Waals surface area contributed by atoms with Crippen LogP contribution in [0.25, 0.3) is 10.8 Å². The van der Waals surface area contributed by atoms with E-state index in [-0.39, 0.29) is 19.3 Å². The van der Waals surface area contributed by atoms with E-state index in [0.29, 0.717) is 42.2 Å². The van der Waals surface area contributed by atoms with E-state index >= 15 is 0 Å².